The van der Waals surface area contributed by atoms with Crippen LogP contribution >= 0.6 is 22.6 Å². The molecule has 0 atom stereocenters. The van der Waals surface area contributed by atoms with Crippen molar-refractivity contribution in [2.75, 3.05) is 46.8 Å². The third-order valence-electron chi connectivity index (χ3n) is 3.59. The minimum Gasteiger partial charge on any atom is -0.348 e. The Morgan fingerprint density at radius 3 is 2.43 bits per heavy atom. The van der Waals surface area contributed by atoms with Crippen molar-refractivity contribution in [3.05, 3.63) is 33.4 Å². The third-order valence-corrected chi connectivity index (χ3v) is 4.26. The van der Waals surface area contributed by atoms with E-state index in [1.165, 1.54) is 0 Å². The summed E-state index contributed by atoms with van der Waals surface area (Å²) in [6, 6.07) is 7.64. The summed E-state index contributed by atoms with van der Waals surface area (Å²) in [5.74, 6) is 0.180. The van der Waals surface area contributed by atoms with Crippen LogP contribution in [0.25, 0.3) is 0 Å². The second-order valence-corrected chi connectivity index (χ2v) is 6.61. The molecule has 2 rings (SSSR count). The van der Waals surface area contributed by atoms with Gasteiger partial charge in [-0.05, 0) is 40.8 Å². The van der Waals surface area contributed by atoms with Gasteiger partial charge < -0.3 is 9.80 Å². The summed E-state index contributed by atoms with van der Waals surface area (Å²) >= 11 is 2.21. The van der Waals surface area contributed by atoms with E-state index in [0.717, 1.165) is 22.2 Å². The molecule has 21 heavy (non-hydrogen) atoms. The maximum atomic E-state index is 12.4. The van der Waals surface area contributed by atoms with Crippen molar-refractivity contribution in [3.63, 3.8) is 0 Å². The number of piperazine rings is 1. The molecule has 1 aliphatic rings. The lowest BCUT2D eigenvalue weighted by Crippen LogP contribution is -2.51. The molecule has 1 aromatic rings. The Balaban J connectivity index is 1.89. The van der Waals surface area contributed by atoms with Crippen molar-refractivity contribution < 1.29 is 9.59 Å². The topological polar surface area (TPSA) is 43.9 Å². The number of likely N-dealkylation sites (N-methyl/N-ethyl adjacent to an activating group) is 1. The molecular weight excluding hydrogens is 381 g/mol. The predicted octanol–water partition coefficient (Wildman–Crippen LogP) is 1.14. The van der Waals surface area contributed by atoms with Gasteiger partial charge in [-0.25, -0.2) is 0 Å². The number of nitrogens with zero attached hydrogens (tertiary/aromatic N) is 3. The van der Waals surface area contributed by atoms with Crippen LogP contribution in [0, 0.1) is 3.57 Å². The largest absolute Gasteiger partial charge is 0.348 e. The molecule has 2 amide bonds. The highest BCUT2D eigenvalue weighted by molar-refractivity contribution is 14.1. The fraction of sp³-hybridized carbons (Fsp3) is 0.467. The molecule has 0 bridgehead atoms. The second-order valence-electron chi connectivity index (χ2n) is 5.37. The maximum absolute atomic E-state index is 12.4. The van der Waals surface area contributed by atoms with E-state index in [1.807, 2.05) is 29.2 Å². The van der Waals surface area contributed by atoms with Crippen molar-refractivity contribution in [3.8, 4) is 0 Å². The normalized spacial score (nSPS) is 15.9. The zero-order valence-corrected chi connectivity index (χ0v) is 14.5. The van der Waals surface area contributed by atoms with Crippen LogP contribution in [0.2, 0.25) is 0 Å². The minimum absolute atomic E-state index is 0.0760. The molecule has 114 valence electrons. The fourth-order valence-corrected chi connectivity index (χ4v) is 2.79. The first kappa shape index (κ1) is 16.2. The first-order valence-electron chi connectivity index (χ1n) is 6.94. The molecule has 1 aliphatic heterocycles. The molecule has 0 saturated carbocycles. The van der Waals surface area contributed by atoms with E-state index in [1.54, 1.807) is 19.0 Å². The highest BCUT2D eigenvalue weighted by Crippen LogP contribution is 2.12. The van der Waals surface area contributed by atoms with Crippen molar-refractivity contribution in [2.45, 2.75) is 0 Å². The summed E-state index contributed by atoms with van der Waals surface area (Å²) in [5, 5.41) is 0. The molecular formula is C15H20IN3O2. The van der Waals surface area contributed by atoms with Gasteiger partial charge in [0, 0.05) is 49.4 Å². The van der Waals surface area contributed by atoms with Crippen LogP contribution in [0.1, 0.15) is 10.4 Å². The number of carbonyl (C=O) groups excluding carboxylic acids is 2. The second kappa shape index (κ2) is 7.22. The molecule has 1 aromatic carbocycles. The van der Waals surface area contributed by atoms with E-state index in [2.05, 4.69) is 27.5 Å². The van der Waals surface area contributed by atoms with Crippen LogP contribution in [0.15, 0.2) is 24.3 Å². The summed E-state index contributed by atoms with van der Waals surface area (Å²) in [6.45, 7) is 3.26. The first-order chi connectivity index (χ1) is 9.97. The third kappa shape index (κ3) is 4.41. The average Bonchev–Trinajstić information content (AvgIpc) is 2.47. The van der Waals surface area contributed by atoms with Gasteiger partial charge in [0.2, 0.25) is 5.91 Å². The molecule has 0 unspecified atom stereocenters. The molecule has 1 saturated heterocycles. The molecule has 1 heterocycles. The summed E-state index contributed by atoms with van der Waals surface area (Å²) < 4.78 is 1.06. The lowest BCUT2D eigenvalue weighted by molar-refractivity contribution is -0.130. The number of rotatable bonds is 3. The van der Waals surface area contributed by atoms with Crippen molar-refractivity contribution >= 4 is 34.4 Å². The van der Waals surface area contributed by atoms with Crippen LogP contribution in [-0.2, 0) is 4.79 Å². The number of amides is 2. The summed E-state index contributed by atoms with van der Waals surface area (Å²) in [6.07, 6.45) is 0. The van der Waals surface area contributed by atoms with E-state index in [9.17, 15) is 9.59 Å². The van der Waals surface area contributed by atoms with Crippen molar-refractivity contribution in [2.24, 2.45) is 0 Å². The fourth-order valence-electron chi connectivity index (χ4n) is 2.25. The molecule has 5 nitrogen and oxygen atoms in total. The maximum Gasteiger partial charge on any atom is 0.253 e. The van der Waals surface area contributed by atoms with Gasteiger partial charge in [-0.1, -0.05) is 6.07 Å². The lowest BCUT2D eigenvalue weighted by Gasteiger charge is -2.34. The Labute approximate surface area is 139 Å². The Morgan fingerprint density at radius 1 is 1.19 bits per heavy atom. The predicted molar refractivity (Wildman–Crippen MR) is 90.2 cm³/mol. The van der Waals surface area contributed by atoms with Crippen LogP contribution < -0.4 is 0 Å². The van der Waals surface area contributed by atoms with Crippen LogP contribution in [0.5, 0.6) is 0 Å². The van der Waals surface area contributed by atoms with Gasteiger partial charge in [0.25, 0.3) is 5.91 Å². The zero-order chi connectivity index (χ0) is 15.4. The van der Waals surface area contributed by atoms with E-state index in [4.69, 9.17) is 0 Å². The van der Waals surface area contributed by atoms with Crippen molar-refractivity contribution in [1.29, 1.82) is 0 Å². The van der Waals surface area contributed by atoms with Gasteiger partial charge in [-0.15, -0.1) is 0 Å². The Morgan fingerprint density at radius 2 is 1.86 bits per heavy atom. The van der Waals surface area contributed by atoms with Gasteiger partial charge in [-0.2, -0.15) is 0 Å². The summed E-state index contributed by atoms with van der Waals surface area (Å²) in [5.41, 5.74) is 0.736. The van der Waals surface area contributed by atoms with Crippen LogP contribution in [-0.4, -0.2) is 73.3 Å². The number of halogens is 1. The smallest absolute Gasteiger partial charge is 0.253 e. The Kier molecular flexibility index (Phi) is 5.58. The number of carbonyl (C=O) groups is 2. The monoisotopic (exact) mass is 401 g/mol. The van der Waals surface area contributed by atoms with E-state index in [0.29, 0.717) is 19.6 Å². The quantitative estimate of drug-likeness (QED) is 0.714. The average molecular weight is 401 g/mol. The highest BCUT2D eigenvalue weighted by Gasteiger charge is 2.23. The lowest BCUT2D eigenvalue weighted by atomic mass is 10.2. The number of hydrogen-bond donors (Lipinski definition) is 0. The SMILES string of the molecule is CN(C)C(=O)CN1CCN(C(=O)c2cccc(I)c2)CC1. The van der Waals surface area contributed by atoms with E-state index < -0.39 is 0 Å². The standard InChI is InChI=1S/C15H20IN3O2/c1-17(2)14(20)11-18-6-8-19(9-7-18)15(21)12-4-3-5-13(16)10-12/h3-5,10H,6-9,11H2,1-2H3. The summed E-state index contributed by atoms with van der Waals surface area (Å²) in [7, 11) is 3.53. The Hall–Kier alpha value is -1.15. The molecule has 6 heteroatoms. The molecule has 0 aliphatic carbocycles. The molecule has 0 spiro atoms. The molecule has 0 N–H and O–H groups in total. The number of benzene rings is 1. The molecule has 1 fully saturated rings. The molecule has 0 radical (unpaired) electrons. The van der Waals surface area contributed by atoms with Gasteiger partial charge in [0.1, 0.15) is 0 Å². The van der Waals surface area contributed by atoms with Gasteiger partial charge >= 0.3 is 0 Å². The number of hydrogen-bond acceptors (Lipinski definition) is 3. The van der Waals surface area contributed by atoms with Crippen LogP contribution in [0.4, 0.5) is 0 Å². The summed E-state index contributed by atoms with van der Waals surface area (Å²) in [4.78, 5) is 29.7. The first-order valence-corrected chi connectivity index (χ1v) is 8.02. The van der Waals surface area contributed by atoms with E-state index in [-0.39, 0.29) is 11.8 Å². The van der Waals surface area contributed by atoms with Crippen LogP contribution in [0.3, 0.4) is 0 Å². The van der Waals surface area contributed by atoms with E-state index >= 15 is 0 Å². The van der Waals surface area contributed by atoms with Crippen molar-refractivity contribution in [1.82, 2.24) is 14.7 Å². The van der Waals surface area contributed by atoms with Gasteiger partial charge in [0.05, 0.1) is 6.54 Å². The Bertz CT molecular complexity index is 525. The minimum atomic E-state index is 0.0760. The van der Waals surface area contributed by atoms with Gasteiger partial charge in [0.15, 0.2) is 0 Å². The van der Waals surface area contributed by atoms with Gasteiger partial charge in [-0.3, -0.25) is 14.5 Å². The highest BCUT2D eigenvalue weighted by atomic mass is 127. The molecule has 0 aromatic heterocycles. The zero-order valence-electron chi connectivity index (χ0n) is 12.4.